The van der Waals surface area contributed by atoms with Crippen molar-refractivity contribution in [3.63, 3.8) is 0 Å². The minimum atomic E-state index is -0.847. The second-order valence-electron chi connectivity index (χ2n) is 6.58. The number of aromatic nitrogens is 1. The second-order valence-corrected chi connectivity index (χ2v) is 7.30. The molecule has 1 N–H and O–H groups in total. The Balaban J connectivity index is 1.28. The molecule has 1 fully saturated rings. The van der Waals surface area contributed by atoms with Gasteiger partial charge in [0.25, 0.3) is 0 Å². The molecule has 138 valence electrons. The maximum Gasteiger partial charge on any atom is 0.230 e. The van der Waals surface area contributed by atoms with Gasteiger partial charge in [-0.3, -0.25) is 9.69 Å². The molecule has 0 radical (unpaired) electrons. The molecular weight excluding hydrogens is 368 g/mol. The number of amides is 1. The van der Waals surface area contributed by atoms with Crippen LogP contribution in [0.4, 0.5) is 14.5 Å². The second kappa shape index (κ2) is 7.54. The van der Waals surface area contributed by atoms with E-state index < -0.39 is 11.6 Å². The first-order valence-corrected chi connectivity index (χ1v) is 9.48. The van der Waals surface area contributed by atoms with E-state index >= 15 is 0 Å². The number of carbonyl (C=O) groups is 1. The summed E-state index contributed by atoms with van der Waals surface area (Å²) in [5, 5.41) is 4.90. The van der Waals surface area contributed by atoms with Gasteiger partial charge in [-0.1, -0.05) is 18.2 Å². The maximum absolute atomic E-state index is 13.3. The summed E-state index contributed by atoms with van der Waals surface area (Å²) >= 11 is 1.54. The number of rotatable bonds is 5. The highest BCUT2D eigenvalue weighted by Gasteiger charge is 2.32. The molecule has 0 atom stereocenters. The van der Waals surface area contributed by atoms with Crippen molar-refractivity contribution >= 4 is 22.9 Å². The summed E-state index contributed by atoms with van der Waals surface area (Å²) in [6, 6.07) is 11.5. The number of anilines is 1. The van der Waals surface area contributed by atoms with E-state index in [9.17, 15) is 13.6 Å². The Labute approximate surface area is 159 Å². The lowest BCUT2D eigenvalue weighted by Crippen LogP contribution is -2.51. The minimum absolute atomic E-state index is 0.0297. The SMILES string of the molecule is O=C(Nc1ccc(-c2cscn2)cc1)C1CN(Cc2ccc(F)c(F)c2)C1. The van der Waals surface area contributed by atoms with E-state index in [1.165, 1.54) is 6.07 Å². The third-order valence-corrected chi connectivity index (χ3v) is 5.19. The van der Waals surface area contributed by atoms with Gasteiger partial charge < -0.3 is 5.32 Å². The molecule has 4 rings (SSSR count). The summed E-state index contributed by atoms with van der Waals surface area (Å²) in [4.78, 5) is 18.6. The van der Waals surface area contributed by atoms with Crippen LogP contribution in [0.15, 0.2) is 53.4 Å². The smallest absolute Gasteiger partial charge is 0.230 e. The Hall–Kier alpha value is -2.64. The third kappa shape index (κ3) is 4.04. The zero-order valence-corrected chi connectivity index (χ0v) is 15.2. The zero-order valence-electron chi connectivity index (χ0n) is 14.4. The van der Waals surface area contributed by atoms with Crippen LogP contribution >= 0.6 is 11.3 Å². The van der Waals surface area contributed by atoms with Crippen molar-refractivity contribution in [3.05, 3.63) is 70.6 Å². The topological polar surface area (TPSA) is 45.2 Å². The average Bonchev–Trinajstić information content (AvgIpc) is 3.16. The highest BCUT2D eigenvalue weighted by Crippen LogP contribution is 2.24. The molecule has 1 aliphatic heterocycles. The first-order chi connectivity index (χ1) is 13.1. The fourth-order valence-electron chi connectivity index (χ4n) is 3.08. The molecule has 0 aliphatic carbocycles. The number of benzene rings is 2. The zero-order chi connectivity index (χ0) is 18.8. The van der Waals surface area contributed by atoms with Gasteiger partial charge in [0.1, 0.15) is 0 Å². The van der Waals surface area contributed by atoms with Gasteiger partial charge in [-0.25, -0.2) is 13.8 Å². The molecule has 7 heteroatoms. The van der Waals surface area contributed by atoms with Crippen LogP contribution in [0.25, 0.3) is 11.3 Å². The maximum atomic E-state index is 13.3. The molecule has 27 heavy (non-hydrogen) atoms. The van der Waals surface area contributed by atoms with Crippen LogP contribution in [-0.2, 0) is 11.3 Å². The van der Waals surface area contributed by atoms with Crippen molar-refractivity contribution in [2.45, 2.75) is 6.54 Å². The lowest BCUT2D eigenvalue weighted by atomic mass is 9.98. The van der Waals surface area contributed by atoms with Crippen LogP contribution < -0.4 is 5.32 Å². The standard InChI is InChI=1S/C20H17F2N3OS/c21-17-6-1-13(7-18(17)22)8-25-9-15(10-25)20(26)24-16-4-2-14(3-5-16)19-11-27-12-23-19/h1-7,11-12,15H,8-10H2,(H,24,26). The van der Waals surface area contributed by atoms with E-state index in [1.54, 1.807) is 22.9 Å². The van der Waals surface area contributed by atoms with E-state index in [0.29, 0.717) is 25.2 Å². The molecule has 3 aromatic rings. The molecule has 0 bridgehead atoms. The lowest BCUT2D eigenvalue weighted by molar-refractivity contribution is -0.125. The van der Waals surface area contributed by atoms with Gasteiger partial charge in [-0.15, -0.1) is 11.3 Å². The first kappa shape index (κ1) is 17.8. The van der Waals surface area contributed by atoms with Crippen molar-refractivity contribution in [2.75, 3.05) is 18.4 Å². The number of halogens is 2. The van der Waals surface area contributed by atoms with E-state index in [2.05, 4.69) is 10.3 Å². The third-order valence-electron chi connectivity index (χ3n) is 4.60. The molecule has 0 saturated carbocycles. The van der Waals surface area contributed by atoms with Crippen molar-refractivity contribution in [1.29, 1.82) is 0 Å². The van der Waals surface area contributed by atoms with Crippen LogP contribution in [0.2, 0.25) is 0 Å². The van der Waals surface area contributed by atoms with Crippen molar-refractivity contribution < 1.29 is 13.6 Å². The van der Waals surface area contributed by atoms with Crippen LogP contribution in [0.5, 0.6) is 0 Å². The van der Waals surface area contributed by atoms with E-state index in [-0.39, 0.29) is 11.8 Å². The summed E-state index contributed by atoms with van der Waals surface area (Å²) < 4.78 is 26.2. The summed E-state index contributed by atoms with van der Waals surface area (Å²) in [5.41, 5.74) is 5.16. The molecule has 0 spiro atoms. The van der Waals surface area contributed by atoms with Gasteiger partial charge in [0.05, 0.1) is 17.1 Å². The van der Waals surface area contributed by atoms with Crippen LogP contribution in [0.1, 0.15) is 5.56 Å². The Morgan fingerprint density at radius 2 is 1.93 bits per heavy atom. The van der Waals surface area contributed by atoms with Gasteiger partial charge in [-0.05, 0) is 29.8 Å². The van der Waals surface area contributed by atoms with Gasteiger partial charge in [0.2, 0.25) is 5.91 Å². The monoisotopic (exact) mass is 385 g/mol. The van der Waals surface area contributed by atoms with Crippen molar-refractivity contribution in [1.82, 2.24) is 9.88 Å². The number of hydrogen-bond acceptors (Lipinski definition) is 4. The molecule has 1 saturated heterocycles. The van der Waals surface area contributed by atoms with E-state index in [1.807, 2.05) is 34.5 Å². The molecular formula is C20H17F2N3OS. The summed E-state index contributed by atoms with van der Waals surface area (Å²) in [7, 11) is 0. The number of carbonyl (C=O) groups excluding carboxylic acids is 1. The molecule has 1 amide bonds. The number of nitrogens with one attached hydrogen (secondary N) is 1. The Bertz CT molecular complexity index is 938. The number of thiazole rings is 1. The first-order valence-electron chi connectivity index (χ1n) is 8.54. The van der Waals surface area contributed by atoms with Crippen molar-refractivity contribution in [2.24, 2.45) is 5.92 Å². The highest BCUT2D eigenvalue weighted by molar-refractivity contribution is 7.07. The summed E-state index contributed by atoms with van der Waals surface area (Å²) in [6.07, 6.45) is 0. The van der Waals surface area contributed by atoms with Crippen LogP contribution in [-0.4, -0.2) is 28.9 Å². The molecule has 2 heterocycles. The number of likely N-dealkylation sites (tertiary alicyclic amines) is 1. The quantitative estimate of drug-likeness (QED) is 0.717. The lowest BCUT2D eigenvalue weighted by Gasteiger charge is -2.38. The summed E-state index contributed by atoms with van der Waals surface area (Å²) in [5.74, 6) is -1.82. The van der Waals surface area contributed by atoms with Gasteiger partial charge in [0.15, 0.2) is 11.6 Å². The van der Waals surface area contributed by atoms with Crippen molar-refractivity contribution in [3.8, 4) is 11.3 Å². The Morgan fingerprint density at radius 3 is 2.59 bits per heavy atom. The molecule has 0 unspecified atom stereocenters. The molecule has 4 nitrogen and oxygen atoms in total. The largest absolute Gasteiger partial charge is 0.326 e. The predicted molar refractivity (Wildman–Crippen MR) is 101 cm³/mol. The van der Waals surface area contributed by atoms with Crippen LogP contribution in [0.3, 0.4) is 0 Å². The molecule has 1 aromatic heterocycles. The number of nitrogens with zero attached hydrogens (tertiary/aromatic N) is 2. The summed E-state index contributed by atoms with van der Waals surface area (Å²) in [6.45, 7) is 1.70. The van der Waals surface area contributed by atoms with Gasteiger partial charge >= 0.3 is 0 Å². The van der Waals surface area contributed by atoms with E-state index in [4.69, 9.17) is 0 Å². The minimum Gasteiger partial charge on any atom is -0.326 e. The Morgan fingerprint density at radius 1 is 1.15 bits per heavy atom. The average molecular weight is 385 g/mol. The predicted octanol–water partition coefficient (Wildman–Crippen LogP) is 4.16. The fraction of sp³-hybridized carbons (Fsp3) is 0.200. The number of hydrogen-bond donors (Lipinski definition) is 1. The molecule has 1 aliphatic rings. The van der Waals surface area contributed by atoms with Crippen LogP contribution in [0, 0.1) is 17.6 Å². The highest BCUT2D eigenvalue weighted by atomic mass is 32.1. The fourth-order valence-corrected chi connectivity index (χ4v) is 3.65. The van der Waals surface area contributed by atoms with Gasteiger partial charge in [0, 0.05) is 36.3 Å². The normalized spacial score (nSPS) is 14.7. The van der Waals surface area contributed by atoms with E-state index in [0.717, 1.165) is 23.0 Å². The Kier molecular flexibility index (Phi) is 4.96. The molecule has 2 aromatic carbocycles. The van der Waals surface area contributed by atoms with Gasteiger partial charge in [-0.2, -0.15) is 0 Å².